The number of carbonyl (C=O) groups excluding carboxylic acids is 4. The van der Waals surface area contributed by atoms with Crippen molar-refractivity contribution in [2.24, 2.45) is 16.7 Å². The van der Waals surface area contributed by atoms with Crippen LogP contribution in [0.5, 0.6) is 5.75 Å². The van der Waals surface area contributed by atoms with Crippen molar-refractivity contribution in [3.8, 4) is 11.8 Å². The van der Waals surface area contributed by atoms with Crippen LogP contribution in [0.1, 0.15) is 110 Å². The van der Waals surface area contributed by atoms with Crippen molar-refractivity contribution < 1.29 is 23.9 Å². The summed E-state index contributed by atoms with van der Waals surface area (Å²) in [5.74, 6) is 1.62. The number of hydrogen-bond acceptors (Lipinski definition) is 9. The van der Waals surface area contributed by atoms with E-state index in [0.29, 0.717) is 52.3 Å². The number of nitrogens with one attached hydrogen (secondary N) is 2. The fraction of sp³-hybridized carbons (Fsp3) is 0.511. The van der Waals surface area contributed by atoms with Gasteiger partial charge in [0.2, 0.25) is 11.8 Å². The van der Waals surface area contributed by atoms with Crippen LogP contribution in [-0.4, -0.2) is 89.3 Å². The topological polar surface area (TPSA) is 148 Å². The maximum absolute atomic E-state index is 13.5. The summed E-state index contributed by atoms with van der Waals surface area (Å²) < 4.78 is 6.38. The number of anilines is 1. The van der Waals surface area contributed by atoms with Gasteiger partial charge < -0.3 is 24.8 Å². The molecular weight excluding hydrogens is 754 g/mol. The number of imide groups is 1. The molecule has 1 aliphatic carbocycles. The van der Waals surface area contributed by atoms with Crippen LogP contribution in [0.4, 0.5) is 5.82 Å². The zero-order valence-electron chi connectivity index (χ0n) is 33.7. The summed E-state index contributed by atoms with van der Waals surface area (Å²) in [5.41, 5.74) is 3.12. The molecule has 4 fully saturated rings. The molecule has 0 spiro atoms. The molecule has 8 rings (SSSR count). The number of ether oxygens (including phenoxy) is 1. The Morgan fingerprint density at radius 2 is 1.71 bits per heavy atom. The summed E-state index contributed by atoms with van der Waals surface area (Å²) >= 11 is 6.25. The summed E-state index contributed by atoms with van der Waals surface area (Å²) in [6.07, 6.45) is 6.46. The van der Waals surface area contributed by atoms with Gasteiger partial charge in [0.1, 0.15) is 29.8 Å². The molecule has 2 N–H and O–H groups in total. The van der Waals surface area contributed by atoms with Gasteiger partial charge in [-0.3, -0.25) is 24.5 Å². The van der Waals surface area contributed by atoms with Gasteiger partial charge in [-0.15, -0.1) is 0 Å². The largest absolute Gasteiger partial charge is 0.489 e. The highest BCUT2D eigenvalue weighted by atomic mass is 35.5. The molecule has 1 unspecified atom stereocenters. The van der Waals surface area contributed by atoms with Crippen LogP contribution in [0, 0.1) is 28.1 Å². The molecule has 3 aromatic rings. The first-order valence-electron chi connectivity index (χ1n) is 20.6. The lowest BCUT2D eigenvalue weighted by molar-refractivity contribution is -0.164. The molecule has 58 heavy (non-hydrogen) atoms. The minimum atomic E-state index is -0.592. The van der Waals surface area contributed by atoms with Crippen LogP contribution in [0.15, 0.2) is 54.7 Å². The number of benzene rings is 2. The van der Waals surface area contributed by atoms with E-state index in [9.17, 15) is 24.4 Å². The summed E-state index contributed by atoms with van der Waals surface area (Å²) in [6.45, 7) is 13.8. The third kappa shape index (κ3) is 7.55. The number of halogens is 1. The number of rotatable bonds is 9. The van der Waals surface area contributed by atoms with E-state index in [1.807, 2.05) is 18.2 Å². The van der Waals surface area contributed by atoms with Crippen LogP contribution < -0.4 is 20.3 Å². The van der Waals surface area contributed by atoms with Crippen molar-refractivity contribution in [2.45, 2.75) is 96.9 Å². The molecule has 5 heterocycles. The average molecular weight is 806 g/mol. The monoisotopic (exact) mass is 805 g/mol. The van der Waals surface area contributed by atoms with E-state index in [-0.39, 0.29) is 53.0 Å². The number of amides is 4. The van der Waals surface area contributed by atoms with Crippen molar-refractivity contribution >= 4 is 41.0 Å². The predicted molar refractivity (Wildman–Crippen MR) is 219 cm³/mol. The number of aromatic nitrogens is 1. The standard InChI is InChI=1S/C45H52ClN7O5/c1-44(2)42(45(3,4)43(44)58-33-8-5-30(23-47)35(46)22-33)50-39(55)31-7-11-37(48-24-31)52-19-13-27(14-20-52)25-51-17-15-28(16-18-51)29-6-9-34-32(21-29)26-53(41(34)57)36-10-12-38(54)49-40(36)56/h5-9,11,21-22,24,27-28,36,42-43H,10,12-20,25-26H2,1-4H3,(H,50,55)(H,49,54,56). The third-order valence-corrected chi connectivity index (χ3v) is 13.8. The number of hydrogen-bond donors (Lipinski definition) is 2. The molecule has 3 saturated heterocycles. The molecule has 1 atom stereocenters. The van der Waals surface area contributed by atoms with Gasteiger partial charge in [-0.05, 0) is 98.5 Å². The van der Waals surface area contributed by atoms with Gasteiger partial charge in [-0.1, -0.05) is 51.4 Å². The Hall–Kier alpha value is -4.99. The minimum absolute atomic E-state index is 0.125. The van der Waals surface area contributed by atoms with Gasteiger partial charge in [-0.25, -0.2) is 4.98 Å². The minimum Gasteiger partial charge on any atom is -0.489 e. The molecule has 1 aromatic heterocycles. The first kappa shape index (κ1) is 39.8. The highest BCUT2D eigenvalue weighted by Crippen LogP contribution is 2.55. The Kier molecular flexibility index (Phi) is 10.7. The van der Waals surface area contributed by atoms with Crippen LogP contribution in [-0.2, 0) is 16.1 Å². The summed E-state index contributed by atoms with van der Waals surface area (Å²) in [5, 5.41) is 15.2. The summed E-state index contributed by atoms with van der Waals surface area (Å²) in [4.78, 5) is 62.0. The SMILES string of the molecule is CC1(C)C(NC(=O)c2ccc(N3CCC(CN4CCC(c5ccc6c(c5)CN(C5CCC(=O)NC5=O)C6=O)CC4)CC3)nc2)C(C)(C)C1Oc1ccc(C#N)c(Cl)c1. The molecule has 304 valence electrons. The molecular formula is C45H52ClN7O5. The van der Waals surface area contributed by atoms with Crippen molar-refractivity contribution in [3.05, 3.63) is 87.6 Å². The molecule has 2 aromatic carbocycles. The van der Waals surface area contributed by atoms with Gasteiger partial charge in [0.05, 0.1) is 16.1 Å². The molecule has 12 nitrogen and oxygen atoms in total. The molecule has 0 radical (unpaired) electrons. The van der Waals surface area contributed by atoms with Crippen LogP contribution in [0.25, 0.3) is 0 Å². The number of pyridine rings is 1. The second kappa shape index (κ2) is 15.6. The molecule has 0 bridgehead atoms. The second-order valence-corrected chi connectivity index (χ2v) is 18.4. The second-order valence-electron chi connectivity index (χ2n) is 18.0. The predicted octanol–water partition coefficient (Wildman–Crippen LogP) is 6.08. The van der Waals surface area contributed by atoms with E-state index in [4.69, 9.17) is 21.3 Å². The maximum Gasteiger partial charge on any atom is 0.255 e. The van der Waals surface area contributed by atoms with Crippen molar-refractivity contribution in [3.63, 3.8) is 0 Å². The lowest BCUT2D eigenvalue weighted by Crippen LogP contribution is -2.74. The highest BCUT2D eigenvalue weighted by Gasteiger charge is 2.64. The number of piperidine rings is 3. The first-order chi connectivity index (χ1) is 27.7. The van der Waals surface area contributed by atoms with Crippen LogP contribution >= 0.6 is 11.6 Å². The van der Waals surface area contributed by atoms with Gasteiger partial charge >= 0.3 is 0 Å². The van der Waals surface area contributed by atoms with Crippen LogP contribution in [0.2, 0.25) is 5.02 Å². The quantitative estimate of drug-likeness (QED) is 0.246. The Morgan fingerprint density at radius 3 is 2.36 bits per heavy atom. The fourth-order valence-corrected chi connectivity index (χ4v) is 10.7. The molecule has 13 heteroatoms. The highest BCUT2D eigenvalue weighted by molar-refractivity contribution is 6.31. The van der Waals surface area contributed by atoms with E-state index in [1.54, 1.807) is 29.3 Å². The van der Waals surface area contributed by atoms with Crippen molar-refractivity contribution in [1.82, 2.24) is 25.4 Å². The van der Waals surface area contributed by atoms with E-state index >= 15 is 0 Å². The normalized spacial score (nSPS) is 24.8. The average Bonchev–Trinajstić information content (AvgIpc) is 3.54. The molecule has 1 saturated carbocycles. The maximum atomic E-state index is 13.5. The lowest BCUT2D eigenvalue weighted by Gasteiger charge is -2.63. The number of likely N-dealkylation sites (tertiary alicyclic amines) is 1. The zero-order valence-corrected chi connectivity index (χ0v) is 34.5. The smallest absolute Gasteiger partial charge is 0.255 e. The van der Waals surface area contributed by atoms with Gasteiger partial charge in [-0.2, -0.15) is 5.26 Å². The van der Waals surface area contributed by atoms with E-state index in [0.717, 1.165) is 69.8 Å². The molecule has 4 amide bonds. The Labute approximate surface area is 345 Å². The third-order valence-electron chi connectivity index (χ3n) is 13.5. The Balaban J connectivity index is 0.781. The number of nitriles is 1. The lowest BCUT2D eigenvalue weighted by atomic mass is 9.49. The summed E-state index contributed by atoms with van der Waals surface area (Å²) in [6, 6.07) is 16.4. The Morgan fingerprint density at radius 1 is 0.966 bits per heavy atom. The molecule has 4 aliphatic heterocycles. The zero-order chi connectivity index (χ0) is 40.9. The first-order valence-corrected chi connectivity index (χ1v) is 21.0. The van der Waals surface area contributed by atoms with Gasteiger partial charge in [0, 0.05) is 67.3 Å². The fourth-order valence-electron chi connectivity index (χ4n) is 10.5. The number of fused-ring (bicyclic) bond motifs is 1. The van der Waals surface area contributed by atoms with E-state index in [1.165, 1.54) is 5.56 Å². The number of nitrogens with zero attached hydrogens (tertiary/aromatic N) is 5. The van der Waals surface area contributed by atoms with Gasteiger partial charge in [0.15, 0.2) is 0 Å². The van der Waals surface area contributed by atoms with E-state index < -0.39 is 6.04 Å². The molecule has 5 aliphatic rings. The van der Waals surface area contributed by atoms with Gasteiger partial charge in [0.25, 0.3) is 11.8 Å². The number of carbonyl (C=O) groups is 4. The van der Waals surface area contributed by atoms with E-state index in [2.05, 4.69) is 66.3 Å². The van der Waals surface area contributed by atoms with Crippen molar-refractivity contribution in [2.75, 3.05) is 37.6 Å². The van der Waals surface area contributed by atoms with Crippen LogP contribution in [0.3, 0.4) is 0 Å². The Bertz CT molecular complexity index is 2130. The summed E-state index contributed by atoms with van der Waals surface area (Å²) in [7, 11) is 0. The van der Waals surface area contributed by atoms with Crippen molar-refractivity contribution in [1.29, 1.82) is 5.26 Å².